The second-order valence-corrected chi connectivity index (χ2v) is 3.19. The number of carbonyl (C=O) groups is 1. The van der Waals surface area contributed by atoms with Crippen LogP contribution in [0.5, 0.6) is 17.2 Å². The van der Waals surface area contributed by atoms with Crippen LogP contribution in [0.15, 0.2) is 12.1 Å². The third kappa shape index (κ3) is 1.73. The van der Waals surface area contributed by atoms with Gasteiger partial charge in [0.25, 0.3) is 0 Å². The summed E-state index contributed by atoms with van der Waals surface area (Å²) in [6.45, 7) is 0.353. The average molecular weight is 209 g/mol. The monoisotopic (exact) mass is 209 g/mol. The van der Waals surface area contributed by atoms with Gasteiger partial charge in [0.05, 0.1) is 0 Å². The van der Waals surface area contributed by atoms with Gasteiger partial charge in [-0.15, -0.1) is 0 Å². The summed E-state index contributed by atoms with van der Waals surface area (Å²) < 4.78 is 10.1. The molecule has 3 N–H and O–H groups in total. The van der Waals surface area contributed by atoms with Crippen molar-refractivity contribution in [1.29, 1.82) is 0 Å². The number of benzene rings is 1. The first-order valence-electron chi connectivity index (χ1n) is 4.58. The SMILES string of the molecule is NCCC(=O)c1cc(O)c2c(c1)OCO2. The largest absolute Gasteiger partial charge is 0.504 e. The van der Waals surface area contributed by atoms with E-state index in [4.69, 9.17) is 15.2 Å². The molecule has 5 nitrogen and oxygen atoms in total. The Kier molecular flexibility index (Phi) is 2.47. The predicted octanol–water partition coefficient (Wildman–Crippen LogP) is 0.652. The number of Topliss-reactive ketones (excluding diaryl/α,β-unsaturated/α-hetero) is 1. The number of ether oxygens (including phenoxy) is 2. The van der Waals surface area contributed by atoms with Crippen LogP contribution in [-0.2, 0) is 0 Å². The molecule has 0 saturated carbocycles. The summed E-state index contributed by atoms with van der Waals surface area (Å²) in [5, 5.41) is 9.54. The summed E-state index contributed by atoms with van der Waals surface area (Å²) >= 11 is 0. The number of fused-ring (bicyclic) bond motifs is 1. The topological polar surface area (TPSA) is 81.8 Å². The molecule has 0 aliphatic carbocycles. The maximum atomic E-state index is 11.5. The molecule has 1 aliphatic rings. The summed E-state index contributed by atoms with van der Waals surface area (Å²) in [6, 6.07) is 2.92. The second kappa shape index (κ2) is 3.78. The first-order valence-corrected chi connectivity index (χ1v) is 4.58. The minimum Gasteiger partial charge on any atom is -0.504 e. The molecule has 15 heavy (non-hydrogen) atoms. The molecule has 0 amide bonds. The number of hydrogen-bond donors (Lipinski definition) is 2. The van der Waals surface area contributed by atoms with Gasteiger partial charge in [-0.3, -0.25) is 4.79 Å². The number of ketones is 1. The third-order valence-corrected chi connectivity index (χ3v) is 2.15. The molecule has 0 unspecified atom stereocenters. The Bertz CT molecular complexity index is 403. The van der Waals surface area contributed by atoms with E-state index in [2.05, 4.69) is 0 Å². The molecule has 0 saturated heterocycles. The highest BCUT2D eigenvalue weighted by Gasteiger charge is 2.20. The molecule has 5 heteroatoms. The number of carbonyl (C=O) groups excluding carboxylic acids is 1. The van der Waals surface area contributed by atoms with Crippen LogP contribution in [0.1, 0.15) is 16.8 Å². The Morgan fingerprint density at radius 3 is 3.00 bits per heavy atom. The number of aromatic hydroxyl groups is 1. The molecule has 2 rings (SSSR count). The van der Waals surface area contributed by atoms with Crippen LogP contribution in [0, 0.1) is 0 Å². The minimum atomic E-state index is -0.119. The number of hydrogen-bond acceptors (Lipinski definition) is 5. The summed E-state index contributed by atoms with van der Waals surface area (Å²) in [4.78, 5) is 11.5. The molecule has 0 aromatic heterocycles. The summed E-state index contributed by atoms with van der Waals surface area (Å²) in [5.74, 6) is 0.492. The molecular formula is C10H11NO4. The molecule has 1 heterocycles. The Labute approximate surface area is 86.4 Å². The predicted molar refractivity (Wildman–Crippen MR) is 52.2 cm³/mol. The summed E-state index contributed by atoms with van der Waals surface area (Å²) in [7, 11) is 0. The Morgan fingerprint density at radius 1 is 1.47 bits per heavy atom. The lowest BCUT2D eigenvalue weighted by Gasteiger charge is -2.03. The molecule has 1 aliphatic heterocycles. The molecule has 1 aromatic rings. The molecule has 1 aromatic carbocycles. The average Bonchev–Trinajstić information content (AvgIpc) is 2.66. The van der Waals surface area contributed by atoms with Gasteiger partial charge in [-0.1, -0.05) is 0 Å². The van der Waals surface area contributed by atoms with Crippen LogP contribution < -0.4 is 15.2 Å². The van der Waals surface area contributed by atoms with Crippen molar-refractivity contribution in [3.63, 3.8) is 0 Å². The zero-order valence-electron chi connectivity index (χ0n) is 8.03. The molecule has 0 bridgehead atoms. The van der Waals surface area contributed by atoms with Gasteiger partial charge < -0.3 is 20.3 Å². The molecule has 0 radical (unpaired) electrons. The number of rotatable bonds is 3. The van der Waals surface area contributed by atoms with Gasteiger partial charge >= 0.3 is 0 Å². The van der Waals surface area contributed by atoms with Crippen molar-refractivity contribution in [3.05, 3.63) is 17.7 Å². The van der Waals surface area contributed by atoms with E-state index < -0.39 is 0 Å². The van der Waals surface area contributed by atoms with Crippen molar-refractivity contribution in [2.75, 3.05) is 13.3 Å². The van der Waals surface area contributed by atoms with E-state index in [1.165, 1.54) is 6.07 Å². The molecule has 0 spiro atoms. The lowest BCUT2D eigenvalue weighted by Crippen LogP contribution is -2.07. The lowest BCUT2D eigenvalue weighted by atomic mass is 10.1. The van der Waals surface area contributed by atoms with E-state index in [1.807, 2.05) is 0 Å². The molecule has 80 valence electrons. The molecule has 0 fully saturated rings. The highest BCUT2D eigenvalue weighted by atomic mass is 16.7. The fourth-order valence-electron chi connectivity index (χ4n) is 1.43. The maximum absolute atomic E-state index is 11.5. The van der Waals surface area contributed by atoms with Crippen molar-refractivity contribution in [3.8, 4) is 17.2 Å². The third-order valence-electron chi connectivity index (χ3n) is 2.15. The van der Waals surface area contributed by atoms with Gasteiger partial charge in [0.1, 0.15) is 0 Å². The highest BCUT2D eigenvalue weighted by molar-refractivity contribution is 5.97. The van der Waals surface area contributed by atoms with Gasteiger partial charge in [-0.2, -0.15) is 0 Å². The quantitative estimate of drug-likeness (QED) is 0.714. The Hall–Kier alpha value is -1.75. The standard InChI is InChI=1S/C10H11NO4/c11-2-1-7(12)6-3-8(13)10-9(4-6)14-5-15-10/h3-4,13H,1-2,5,11H2. The van der Waals surface area contributed by atoms with E-state index >= 15 is 0 Å². The van der Waals surface area contributed by atoms with E-state index in [0.717, 1.165) is 0 Å². The molecular weight excluding hydrogens is 198 g/mol. The molecule has 0 atom stereocenters. The minimum absolute atomic E-state index is 0.0669. The van der Waals surface area contributed by atoms with Crippen molar-refractivity contribution in [2.45, 2.75) is 6.42 Å². The Balaban J connectivity index is 2.35. The number of nitrogens with two attached hydrogens (primary N) is 1. The van der Waals surface area contributed by atoms with E-state index in [-0.39, 0.29) is 31.3 Å². The van der Waals surface area contributed by atoms with Gasteiger partial charge in [0.2, 0.25) is 12.5 Å². The van der Waals surface area contributed by atoms with Crippen LogP contribution in [0.25, 0.3) is 0 Å². The van der Waals surface area contributed by atoms with E-state index in [0.29, 0.717) is 17.1 Å². The fourth-order valence-corrected chi connectivity index (χ4v) is 1.43. The van der Waals surface area contributed by atoms with Crippen molar-refractivity contribution in [1.82, 2.24) is 0 Å². The fraction of sp³-hybridized carbons (Fsp3) is 0.300. The van der Waals surface area contributed by atoms with Gasteiger partial charge in [0, 0.05) is 12.0 Å². The highest BCUT2D eigenvalue weighted by Crippen LogP contribution is 2.41. The van der Waals surface area contributed by atoms with Crippen LogP contribution in [0.4, 0.5) is 0 Å². The number of phenolic OH excluding ortho intramolecular Hbond substituents is 1. The van der Waals surface area contributed by atoms with Crippen LogP contribution in [0.2, 0.25) is 0 Å². The normalized spacial score (nSPS) is 12.9. The summed E-state index contributed by atoms with van der Waals surface area (Å²) in [6.07, 6.45) is 0.249. The van der Waals surface area contributed by atoms with E-state index in [9.17, 15) is 9.90 Å². The van der Waals surface area contributed by atoms with Crippen molar-refractivity contribution in [2.24, 2.45) is 5.73 Å². The summed E-state index contributed by atoms with van der Waals surface area (Å²) in [5.41, 5.74) is 5.67. The second-order valence-electron chi connectivity index (χ2n) is 3.19. The van der Waals surface area contributed by atoms with Crippen molar-refractivity contribution < 1.29 is 19.4 Å². The van der Waals surface area contributed by atoms with E-state index in [1.54, 1.807) is 6.07 Å². The van der Waals surface area contributed by atoms with Crippen LogP contribution in [-0.4, -0.2) is 24.2 Å². The Morgan fingerprint density at radius 2 is 2.27 bits per heavy atom. The zero-order chi connectivity index (χ0) is 10.8. The number of phenols is 1. The van der Waals surface area contributed by atoms with Gasteiger partial charge in [-0.05, 0) is 18.7 Å². The van der Waals surface area contributed by atoms with Gasteiger partial charge in [0.15, 0.2) is 17.3 Å². The van der Waals surface area contributed by atoms with Crippen LogP contribution in [0.3, 0.4) is 0 Å². The lowest BCUT2D eigenvalue weighted by molar-refractivity contribution is 0.0984. The first kappa shape index (κ1) is 9.79. The smallest absolute Gasteiger partial charge is 0.231 e. The maximum Gasteiger partial charge on any atom is 0.231 e. The van der Waals surface area contributed by atoms with Crippen molar-refractivity contribution >= 4 is 5.78 Å². The van der Waals surface area contributed by atoms with Gasteiger partial charge in [-0.25, -0.2) is 0 Å². The first-order chi connectivity index (χ1) is 7.22. The van der Waals surface area contributed by atoms with Crippen LogP contribution >= 0.6 is 0 Å². The zero-order valence-corrected chi connectivity index (χ0v) is 8.03.